The summed E-state index contributed by atoms with van der Waals surface area (Å²) >= 11 is 1.27. The summed E-state index contributed by atoms with van der Waals surface area (Å²) < 4.78 is 25.2. The summed E-state index contributed by atoms with van der Waals surface area (Å²) in [4.78, 5) is -0.182. The lowest BCUT2D eigenvalue weighted by atomic mass is 9.91. The normalized spacial score (nSPS) is 12.6. The molecule has 1 N–H and O–H groups in total. The number of benzene rings is 1. The minimum atomic E-state index is -3.83. The van der Waals surface area contributed by atoms with E-state index < -0.39 is 9.84 Å². The maximum absolute atomic E-state index is 12.6. The van der Waals surface area contributed by atoms with E-state index in [-0.39, 0.29) is 27.4 Å². The maximum atomic E-state index is 12.6. The van der Waals surface area contributed by atoms with Gasteiger partial charge in [0, 0.05) is 5.38 Å². The van der Waals surface area contributed by atoms with E-state index in [0.717, 1.165) is 11.1 Å². The van der Waals surface area contributed by atoms with Crippen LogP contribution in [0.25, 0.3) is 6.08 Å². The molecule has 6 heteroatoms. The van der Waals surface area contributed by atoms with Crippen LogP contribution < -0.4 is 0 Å². The van der Waals surface area contributed by atoms with Gasteiger partial charge in [-0.25, -0.2) is 8.42 Å². The summed E-state index contributed by atoms with van der Waals surface area (Å²) in [6.07, 6.45) is 1.38. The minimum Gasteiger partial charge on any atom is -0.507 e. The molecule has 25 heavy (non-hydrogen) atoms. The first kappa shape index (κ1) is 19.2. The molecule has 0 fully saturated rings. The van der Waals surface area contributed by atoms with Crippen molar-refractivity contribution in [3.05, 3.63) is 50.6 Å². The third kappa shape index (κ3) is 3.94. The molecule has 0 saturated carbocycles. The van der Waals surface area contributed by atoms with E-state index in [1.165, 1.54) is 28.9 Å². The van der Waals surface area contributed by atoms with Crippen molar-refractivity contribution in [2.45, 2.75) is 44.4 Å². The molecule has 132 valence electrons. The molecule has 0 aliphatic heterocycles. The van der Waals surface area contributed by atoms with Gasteiger partial charge in [-0.05, 0) is 58.2 Å². The maximum Gasteiger partial charge on any atom is 0.217 e. The first-order valence-electron chi connectivity index (χ1n) is 7.94. The molecular formula is C19H21NO3S2. The summed E-state index contributed by atoms with van der Waals surface area (Å²) in [5.74, 6) is 0.385. The Kier molecular flexibility index (Phi) is 5.71. The first-order valence-corrected chi connectivity index (χ1v) is 10.4. The third-order valence-electron chi connectivity index (χ3n) is 3.94. The average Bonchev–Trinajstić information content (AvgIpc) is 3.08. The molecule has 0 radical (unpaired) electrons. The Morgan fingerprint density at radius 1 is 1.20 bits per heavy atom. The summed E-state index contributed by atoms with van der Waals surface area (Å²) in [6, 6.07) is 6.78. The fourth-order valence-corrected chi connectivity index (χ4v) is 4.71. The van der Waals surface area contributed by atoms with Crippen LogP contribution in [0.15, 0.2) is 38.8 Å². The van der Waals surface area contributed by atoms with Gasteiger partial charge in [-0.2, -0.15) is 16.6 Å². The summed E-state index contributed by atoms with van der Waals surface area (Å²) in [5.41, 5.74) is 2.07. The lowest BCUT2D eigenvalue weighted by Gasteiger charge is -2.16. The van der Waals surface area contributed by atoms with Crippen LogP contribution in [0.4, 0.5) is 0 Å². The lowest BCUT2D eigenvalue weighted by Crippen LogP contribution is -2.03. The van der Waals surface area contributed by atoms with Gasteiger partial charge in [-0.15, -0.1) is 0 Å². The summed E-state index contributed by atoms with van der Waals surface area (Å²) in [7, 11) is -3.83. The van der Waals surface area contributed by atoms with Crippen LogP contribution in [0, 0.1) is 11.3 Å². The molecule has 0 aliphatic carbocycles. The van der Waals surface area contributed by atoms with Crippen LogP contribution in [0.1, 0.15) is 56.2 Å². The van der Waals surface area contributed by atoms with Crippen molar-refractivity contribution >= 4 is 27.3 Å². The van der Waals surface area contributed by atoms with Crippen molar-refractivity contribution in [1.82, 2.24) is 0 Å². The minimum absolute atomic E-state index is 0.0740. The van der Waals surface area contributed by atoms with E-state index in [2.05, 4.69) is 0 Å². The molecule has 1 aromatic heterocycles. The molecule has 2 aromatic rings. The molecule has 4 nitrogen and oxygen atoms in total. The van der Waals surface area contributed by atoms with Gasteiger partial charge in [0.05, 0.1) is 4.90 Å². The van der Waals surface area contributed by atoms with Crippen molar-refractivity contribution in [2.24, 2.45) is 0 Å². The van der Waals surface area contributed by atoms with E-state index >= 15 is 0 Å². The number of rotatable bonds is 5. The number of phenols is 1. The zero-order valence-electron chi connectivity index (χ0n) is 14.6. The highest BCUT2D eigenvalue weighted by Gasteiger charge is 2.22. The number of hydrogen-bond acceptors (Lipinski definition) is 5. The number of thiophene rings is 1. The molecular weight excluding hydrogens is 354 g/mol. The topological polar surface area (TPSA) is 78.2 Å². The molecule has 1 aromatic carbocycles. The fraction of sp³-hybridized carbons (Fsp3) is 0.316. The van der Waals surface area contributed by atoms with Gasteiger partial charge >= 0.3 is 0 Å². The Balaban J connectivity index is 2.65. The van der Waals surface area contributed by atoms with Crippen molar-refractivity contribution in [3.63, 3.8) is 0 Å². The Morgan fingerprint density at radius 3 is 2.16 bits per heavy atom. The average molecular weight is 376 g/mol. The quantitative estimate of drug-likeness (QED) is 0.743. The zero-order chi connectivity index (χ0) is 18.8. The van der Waals surface area contributed by atoms with E-state index in [1.54, 1.807) is 23.6 Å². The number of sulfone groups is 1. The molecule has 0 unspecified atom stereocenters. The highest BCUT2D eigenvalue weighted by molar-refractivity contribution is 7.95. The van der Waals surface area contributed by atoms with E-state index in [4.69, 9.17) is 0 Å². The van der Waals surface area contributed by atoms with Crippen molar-refractivity contribution in [2.75, 3.05) is 0 Å². The smallest absolute Gasteiger partial charge is 0.217 e. The van der Waals surface area contributed by atoms with Crippen LogP contribution in [0.3, 0.4) is 0 Å². The fourth-order valence-electron chi connectivity index (χ4n) is 2.52. The van der Waals surface area contributed by atoms with Gasteiger partial charge in [0.25, 0.3) is 0 Å². The Morgan fingerprint density at radius 2 is 1.76 bits per heavy atom. The largest absolute Gasteiger partial charge is 0.507 e. The van der Waals surface area contributed by atoms with Gasteiger partial charge in [0.1, 0.15) is 16.7 Å². The molecule has 0 bridgehead atoms. The van der Waals surface area contributed by atoms with Crippen LogP contribution in [-0.4, -0.2) is 13.5 Å². The van der Waals surface area contributed by atoms with E-state index in [9.17, 15) is 18.8 Å². The number of phenolic OH excluding ortho intramolecular Hbond substituents is 1. The monoisotopic (exact) mass is 375 g/mol. The van der Waals surface area contributed by atoms with E-state index in [1.807, 2.05) is 27.7 Å². The van der Waals surface area contributed by atoms with Gasteiger partial charge in [0.15, 0.2) is 0 Å². The zero-order valence-corrected chi connectivity index (χ0v) is 16.3. The van der Waals surface area contributed by atoms with Crippen LogP contribution in [0.5, 0.6) is 5.75 Å². The first-order chi connectivity index (χ1) is 11.7. The Hall–Kier alpha value is -2.10. The number of hydrogen-bond donors (Lipinski definition) is 1. The molecule has 0 saturated heterocycles. The van der Waals surface area contributed by atoms with Crippen molar-refractivity contribution in [3.8, 4) is 11.8 Å². The number of nitrogens with zero attached hydrogens (tertiary/aromatic N) is 1. The van der Waals surface area contributed by atoms with Crippen molar-refractivity contribution in [1.29, 1.82) is 5.26 Å². The number of allylic oxidation sites excluding steroid dienone is 1. The predicted octanol–water partition coefficient (Wildman–Crippen LogP) is 5.04. The second-order valence-corrected chi connectivity index (χ2v) is 9.14. The van der Waals surface area contributed by atoms with Gasteiger partial charge in [-0.3, -0.25) is 0 Å². The highest BCUT2D eigenvalue weighted by Crippen LogP contribution is 2.35. The summed E-state index contributed by atoms with van der Waals surface area (Å²) in [6.45, 7) is 7.83. The standard InChI is InChI=1S/C19H21NO3S2/c1-12(2)17-8-14(9-18(13(3)4)19(17)21)7-16(10-20)25(22,23)15-5-6-24-11-15/h5-9,11-13,21H,1-4H3. The molecule has 1 heterocycles. The van der Waals surface area contributed by atoms with Crippen LogP contribution >= 0.6 is 11.3 Å². The second-order valence-electron chi connectivity index (χ2n) is 6.44. The Bertz CT molecular complexity index is 903. The van der Waals surface area contributed by atoms with Gasteiger partial charge in [0.2, 0.25) is 9.84 Å². The lowest BCUT2D eigenvalue weighted by molar-refractivity contribution is 0.454. The SMILES string of the molecule is CC(C)c1cc(C=C(C#N)S(=O)(=O)c2ccsc2)cc(C(C)C)c1O. The predicted molar refractivity (Wildman–Crippen MR) is 101 cm³/mol. The van der Waals surface area contributed by atoms with Crippen LogP contribution in [0.2, 0.25) is 0 Å². The highest BCUT2D eigenvalue weighted by atomic mass is 32.2. The van der Waals surface area contributed by atoms with Gasteiger partial charge < -0.3 is 5.11 Å². The van der Waals surface area contributed by atoms with E-state index in [0.29, 0.717) is 5.56 Å². The molecule has 0 aliphatic rings. The van der Waals surface area contributed by atoms with Crippen molar-refractivity contribution < 1.29 is 13.5 Å². The molecule has 0 spiro atoms. The number of nitriles is 1. The third-order valence-corrected chi connectivity index (χ3v) is 6.43. The van der Waals surface area contributed by atoms with Gasteiger partial charge in [-0.1, -0.05) is 27.7 Å². The summed E-state index contributed by atoms with van der Waals surface area (Å²) in [5, 5.41) is 23.0. The Labute approximate surface area is 153 Å². The van der Waals surface area contributed by atoms with Crippen LogP contribution in [-0.2, 0) is 9.84 Å². The number of aromatic hydroxyl groups is 1. The second kappa shape index (κ2) is 7.42. The molecule has 0 amide bonds. The molecule has 2 rings (SSSR count). The molecule has 0 atom stereocenters.